The molecule has 0 unspecified atom stereocenters. The molecule has 120 valence electrons. The van der Waals surface area contributed by atoms with Gasteiger partial charge >= 0.3 is 12.1 Å². The SMILES string of the molecule is Cc1ccc(S(=O)(=O)O[C@@]2(C(=O)O)CCCN2C(=O)O)cc1. The maximum absolute atomic E-state index is 12.3. The Morgan fingerprint density at radius 2 is 1.82 bits per heavy atom. The Morgan fingerprint density at radius 1 is 1.23 bits per heavy atom. The number of likely N-dealkylation sites (tertiary alicyclic amines) is 1. The molecule has 1 fully saturated rings. The highest BCUT2D eigenvalue weighted by Gasteiger charge is 2.55. The molecule has 1 aliphatic rings. The standard InChI is InChI=1S/C13H15NO7S/c1-9-3-5-10(6-4-9)22(19,20)21-13(11(15)16)7-2-8-14(13)12(17)18/h3-6H,2,7-8H2,1H3,(H,15,16)(H,17,18)/t13-/m1/s1. The minimum atomic E-state index is -4.42. The normalized spacial score (nSPS) is 21.8. The van der Waals surface area contributed by atoms with Gasteiger partial charge in [0, 0.05) is 13.0 Å². The van der Waals surface area contributed by atoms with Crippen LogP contribution < -0.4 is 0 Å². The zero-order valence-electron chi connectivity index (χ0n) is 11.7. The Bertz CT molecular complexity index is 698. The van der Waals surface area contributed by atoms with Gasteiger partial charge in [0.25, 0.3) is 15.8 Å². The average Bonchev–Trinajstić information content (AvgIpc) is 2.83. The summed E-state index contributed by atoms with van der Waals surface area (Å²) in [5.41, 5.74) is -1.60. The topological polar surface area (TPSA) is 121 Å². The number of hydrogen-bond donors (Lipinski definition) is 2. The number of amides is 1. The number of hydrogen-bond acceptors (Lipinski definition) is 5. The minimum Gasteiger partial charge on any atom is -0.478 e. The molecule has 1 amide bonds. The summed E-state index contributed by atoms with van der Waals surface area (Å²) in [6.45, 7) is 1.66. The fourth-order valence-electron chi connectivity index (χ4n) is 2.32. The molecule has 22 heavy (non-hydrogen) atoms. The van der Waals surface area contributed by atoms with Crippen LogP contribution in [0.5, 0.6) is 0 Å². The highest BCUT2D eigenvalue weighted by atomic mass is 32.2. The second-order valence-corrected chi connectivity index (χ2v) is 6.52. The monoisotopic (exact) mass is 329 g/mol. The predicted molar refractivity (Wildman–Crippen MR) is 73.8 cm³/mol. The summed E-state index contributed by atoms with van der Waals surface area (Å²) >= 11 is 0. The van der Waals surface area contributed by atoms with Crippen LogP contribution in [0.4, 0.5) is 4.79 Å². The first-order chi connectivity index (χ1) is 10.2. The molecular weight excluding hydrogens is 314 g/mol. The quantitative estimate of drug-likeness (QED) is 0.797. The molecule has 1 aliphatic heterocycles. The number of nitrogens with zero attached hydrogens (tertiary/aromatic N) is 1. The number of aryl methyl sites for hydroxylation is 1. The van der Waals surface area contributed by atoms with Gasteiger partial charge in [-0.1, -0.05) is 17.7 Å². The van der Waals surface area contributed by atoms with Gasteiger partial charge in [0.05, 0.1) is 4.90 Å². The first kappa shape index (κ1) is 16.2. The number of carboxylic acids is 1. The lowest BCUT2D eigenvalue weighted by Gasteiger charge is -2.31. The van der Waals surface area contributed by atoms with Crippen LogP contribution in [0.25, 0.3) is 0 Å². The highest BCUT2D eigenvalue weighted by Crippen LogP contribution is 2.34. The molecule has 1 aromatic rings. The van der Waals surface area contributed by atoms with E-state index in [2.05, 4.69) is 0 Å². The van der Waals surface area contributed by atoms with Crippen LogP contribution in [0.3, 0.4) is 0 Å². The maximum atomic E-state index is 12.3. The van der Waals surface area contributed by atoms with Gasteiger partial charge in [-0.05, 0) is 25.5 Å². The first-order valence-corrected chi connectivity index (χ1v) is 7.86. The number of carboxylic acid groups (broad SMARTS) is 2. The number of benzene rings is 1. The predicted octanol–water partition coefficient (Wildman–Crippen LogP) is 1.26. The van der Waals surface area contributed by atoms with E-state index in [1.165, 1.54) is 24.3 Å². The Labute approximate surface area is 127 Å². The van der Waals surface area contributed by atoms with Gasteiger partial charge in [-0.15, -0.1) is 0 Å². The summed E-state index contributed by atoms with van der Waals surface area (Å²) in [4.78, 5) is 23.0. The van der Waals surface area contributed by atoms with E-state index < -0.39 is 27.9 Å². The van der Waals surface area contributed by atoms with Gasteiger partial charge in [-0.3, -0.25) is 4.90 Å². The Hall–Kier alpha value is -2.13. The number of aliphatic carboxylic acids is 1. The summed E-state index contributed by atoms with van der Waals surface area (Å²) in [7, 11) is -4.42. The van der Waals surface area contributed by atoms with Crippen molar-refractivity contribution in [2.75, 3.05) is 6.54 Å². The lowest BCUT2D eigenvalue weighted by Crippen LogP contribution is -2.55. The van der Waals surface area contributed by atoms with Crippen LogP contribution in [-0.4, -0.2) is 47.9 Å². The van der Waals surface area contributed by atoms with Crippen LogP contribution in [-0.2, 0) is 19.1 Å². The molecule has 0 aliphatic carbocycles. The molecule has 1 heterocycles. The van der Waals surface area contributed by atoms with Gasteiger partial charge in [0.15, 0.2) is 0 Å². The molecule has 2 rings (SSSR count). The summed E-state index contributed by atoms with van der Waals surface area (Å²) in [6.07, 6.45) is -1.58. The summed E-state index contributed by atoms with van der Waals surface area (Å²) in [6, 6.07) is 5.63. The Kier molecular flexibility index (Phi) is 4.12. The zero-order chi connectivity index (χ0) is 16.5. The van der Waals surface area contributed by atoms with E-state index in [1.807, 2.05) is 0 Å². The molecule has 0 bridgehead atoms. The largest absolute Gasteiger partial charge is 0.478 e. The lowest BCUT2D eigenvalue weighted by molar-refractivity contribution is -0.167. The molecule has 0 spiro atoms. The number of carbonyl (C=O) groups is 2. The molecule has 8 nitrogen and oxygen atoms in total. The van der Waals surface area contributed by atoms with Crippen molar-refractivity contribution >= 4 is 22.2 Å². The van der Waals surface area contributed by atoms with Crippen molar-refractivity contribution in [3.05, 3.63) is 29.8 Å². The first-order valence-electron chi connectivity index (χ1n) is 6.45. The average molecular weight is 329 g/mol. The van der Waals surface area contributed by atoms with Gasteiger partial charge in [-0.2, -0.15) is 8.42 Å². The number of rotatable bonds is 4. The van der Waals surface area contributed by atoms with E-state index in [4.69, 9.17) is 9.29 Å². The third kappa shape index (κ3) is 2.77. The summed E-state index contributed by atoms with van der Waals surface area (Å²) < 4.78 is 29.4. The maximum Gasteiger partial charge on any atom is 0.410 e. The second kappa shape index (κ2) is 5.58. The van der Waals surface area contributed by atoms with Crippen molar-refractivity contribution in [2.24, 2.45) is 0 Å². The van der Waals surface area contributed by atoms with E-state index in [0.29, 0.717) is 4.90 Å². The second-order valence-electron chi connectivity index (χ2n) is 4.98. The van der Waals surface area contributed by atoms with Gasteiger partial charge in [0.2, 0.25) is 0 Å². The molecule has 2 N–H and O–H groups in total. The van der Waals surface area contributed by atoms with Crippen molar-refractivity contribution in [3.8, 4) is 0 Å². The fourth-order valence-corrected chi connectivity index (χ4v) is 3.49. The molecule has 1 atom stereocenters. The van der Waals surface area contributed by atoms with Crippen LogP contribution >= 0.6 is 0 Å². The molecule has 0 aromatic heterocycles. The van der Waals surface area contributed by atoms with Crippen molar-refractivity contribution in [1.82, 2.24) is 4.90 Å². The fraction of sp³-hybridized carbons (Fsp3) is 0.385. The molecule has 0 radical (unpaired) electrons. The lowest BCUT2D eigenvalue weighted by atomic mass is 10.1. The summed E-state index contributed by atoms with van der Waals surface area (Å²) in [5.74, 6) is -1.65. The molecule has 1 aromatic carbocycles. The van der Waals surface area contributed by atoms with E-state index >= 15 is 0 Å². The van der Waals surface area contributed by atoms with Gasteiger partial charge in [0.1, 0.15) is 0 Å². The zero-order valence-corrected chi connectivity index (χ0v) is 12.5. The van der Waals surface area contributed by atoms with Crippen molar-refractivity contribution in [1.29, 1.82) is 0 Å². The van der Waals surface area contributed by atoms with Crippen molar-refractivity contribution in [2.45, 2.75) is 30.4 Å². The molecule has 0 saturated carbocycles. The third-order valence-electron chi connectivity index (χ3n) is 3.46. The van der Waals surface area contributed by atoms with E-state index in [-0.39, 0.29) is 24.3 Å². The van der Waals surface area contributed by atoms with E-state index in [0.717, 1.165) is 5.56 Å². The molecule has 1 saturated heterocycles. The summed E-state index contributed by atoms with van der Waals surface area (Å²) in [5, 5.41) is 18.4. The van der Waals surface area contributed by atoms with Crippen molar-refractivity contribution < 1.29 is 32.4 Å². The van der Waals surface area contributed by atoms with Crippen LogP contribution in [0.2, 0.25) is 0 Å². The van der Waals surface area contributed by atoms with Gasteiger partial charge < -0.3 is 10.2 Å². The van der Waals surface area contributed by atoms with Gasteiger partial charge in [-0.25, -0.2) is 13.8 Å². The Morgan fingerprint density at radius 3 is 2.32 bits per heavy atom. The van der Waals surface area contributed by atoms with E-state index in [9.17, 15) is 23.1 Å². The van der Waals surface area contributed by atoms with Crippen LogP contribution in [0, 0.1) is 6.92 Å². The highest BCUT2D eigenvalue weighted by molar-refractivity contribution is 7.86. The van der Waals surface area contributed by atoms with Crippen molar-refractivity contribution in [3.63, 3.8) is 0 Å². The smallest absolute Gasteiger partial charge is 0.410 e. The Balaban J connectivity index is 2.42. The molecule has 9 heteroatoms. The van der Waals surface area contributed by atoms with E-state index in [1.54, 1.807) is 6.92 Å². The minimum absolute atomic E-state index is 0.106. The van der Waals surface area contributed by atoms with Crippen LogP contribution in [0.15, 0.2) is 29.2 Å². The van der Waals surface area contributed by atoms with Crippen LogP contribution in [0.1, 0.15) is 18.4 Å². The molecular formula is C13H15NO7S. The third-order valence-corrected chi connectivity index (χ3v) is 4.80.